The zero-order valence-corrected chi connectivity index (χ0v) is 11.4. The van der Waals surface area contributed by atoms with Gasteiger partial charge in [-0.25, -0.2) is 0 Å². The number of hydrogen-bond donors (Lipinski definition) is 1. The monoisotopic (exact) mass is 267 g/mol. The highest BCUT2D eigenvalue weighted by Crippen LogP contribution is 2.34. The van der Waals surface area contributed by atoms with Gasteiger partial charge in [-0.15, -0.1) is 0 Å². The second-order valence-electron chi connectivity index (χ2n) is 4.76. The highest BCUT2D eigenvalue weighted by atomic mass is 35.5. The van der Waals surface area contributed by atoms with E-state index in [0.717, 1.165) is 25.1 Å². The van der Waals surface area contributed by atoms with E-state index in [1.54, 1.807) is 25.1 Å². The molecule has 1 aliphatic rings. The fraction of sp³-hybridized carbons (Fsp3) is 0.462. The van der Waals surface area contributed by atoms with Crippen LogP contribution in [0.2, 0.25) is 5.02 Å². The van der Waals surface area contributed by atoms with Gasteiger partial charge in [-0.05, 0) is 25.0 Å². The van der Waals surface area contributed by atoms with Crippen LogP contribution in [0.15, 0.2) is 18.2 Å². The number of para-hydroxylation sites is 1. The molecule has 0 saturated carbocycles. The fourth-order valence-electron chi connectivity index (χ4n) is 2.39. The summed E-state index contributed by atoms with van der Waals surface area (Å²) in [7, 11) is 3.56. The molecule has 0 aliphatic carbocycles. The third kappa shape index (κ3) is 2.25. The summed E-state index contributed by atoms with van der Waals surface area (Å²) in [5.41, 5.74) is 7.42. The zero-order valence-electron chi connectivity index (χ0n) is 10.7. The molecule has 1 heterocycles. The Kier molecular flexibility index (Phi) is 3.66. The third-order valence-electron chi connectivity index (χ3n) is 3.32. The number of benzene rings is 1. The number of rotatable bonds is 2. The summed E-state index contributed by atoms with van der Waals surface area (Å²) in [5.74, 6) is 0.117. The highest BCUT2D eigenvalue weighted by molar-refractivity contribution is 6.33. The van der Waals surface area contributed by atoms with E-state index in [1.807, 2.05) is 12.1 Å². The topological polar surface area (TPSA) is 49.6 Å². The average molecular weight is 268 g/mol. The van der Waals surface area contributed by atoms with Crippen molar-refractivity contribution in [1.82, 2.24) is 4.90 Å². The molecule has 0 bridgehead atoms. The second kappa shape index (κ2) is 5.06. The number of amides is 1. The van der Waals surface area contributed by atoms with Gasteiger partial charge in [0, 0.05) is 20.6 Å². The van der Waals surface area contributed by atoms with E-state index in [9.17, 15) is 4.79 Å². The van der Waals surface area contributed by atoms with Gasteiger partial charge in [0.15, 0.2) is 0 Å². The van der Waals surface area contributed by atoms with Crippen LogP contribution in [0.1, 0.15) is 12.8 Å². The molecule has 1 atom stereocenters. The first kappa shape index (κ1) is 13.0. The van der Waals surface area contributed by atoms with E-state index in [4.69, 9.17) is 17.3 Å². The van der Waals surface area contributed by atoms with Crippen molar-refractivity contribution in [2.24, 2.45) is 0 Å². The van der Waals surface area contributed by atoms with Crippen molar-refractivity contribution >= 4 is 28.9 Å². The molecule has 1 saturated heterocycles. The molecule has 1 aliphatic heterocycles. The Morgan fingerprint density at radius 3 is 2.89 bits per heavy atom. The van der Waals surface area contributed by atoms with Crippen molar-refractivity contribution in [3.8, 4) is 0 Å². The molecule has 1 aromatic rings. The molecule has 4 nitrogen and oxygen atoms in total. The Bertz CT molecular complexity index is 462. The fourth-order valence-corrected chi connectivity index (χ4v) is 2.56. The molecule has 1 aromatic carbocycles. The van der Waals surface area contributed by atoms with Crippen molar-refractivity contribution in [3.05, 3.63) is 23.2 Å². The van der Waals surface area contributed by atoms with E-state index in [2.05, 4.69) is 4.90 Å². The van der Waals surface area contributed by atoms with Gasteiger partial charge in [0.1, 0.15) is 6.04 Å². The average Bonchev–Trinajstić information content (AvgIpc) is 2.80. The van der Waals surface area contributed by atoms with Crippen molar-refractivity contribution in [3.63, 3.8) is 0 Å². The lowest BCUT2D eigenvalue weighted by Crippen LogP contribution is -2.43. The SMILES string of the molecule is CN(C)C(=O)C1CCCN1c1cccc(Cl)c1N. The van der Waals surface area contributed by atoms with E-state index in [-0.39, 0.29) is 11.9 Å². The lowest BCUT2D eigenvalue weighted by Gasteiger charge is -2.29. The molecule has 1 fully saturated rings. The summed E-state index contributed by atoms with van der Waals surface area (Å²) in [6, 6.07) is 5.42. The lowest BCUT2D eigenvalue weighted by atomic mass is 10.1. The second-order valence-corrected chi connectivity index (χ2v) is 5.16. The summed E-state index contributed by atoms with van der Waals surface area (Å²) in [4.78, 5) is 15.8. The molecule has 98 valence electrons. The first-order chi connectivity index (χ1) is 8.52. The normalized spacial score (nSPS) is 19.1. The first-order valence-corrected chi connectivity index (χ1v) is 6.42. The number of nitrogens with zero attached hydrogens (tertiary/aromatic N) is 2. The largest absolute Gasteiger partial charge is 0.396 e. The maximum absolute atomic E-state index is 12.1. The minimum atomic E-state index is -0.124. The maximum atomic E-state index is 12.1. The first-order valence-electron chi connectivity index (χ1n) is 6.04. The molecule has 2 rings (SSSR count). The van der Waals surface area contributed by atoms with Crippen LogP contribution < -0.4 is 10.6 Å². The van der Waals surface area contributed by atoms with E-state index in [1.165, 1.54) is 0 Å². The van der Waals surface area contributed by atoms with Gasteiger partial charge < -0.3 is 15.5 Å². The molecular weight excluding hydrogens is 250 g/mol. The summed E-state index contributed by atoms with van der Waals surface area (Å²) in [5, 5.41) is 0.537. The number of carbonyl (C=O) groups is 1. The van der Waals surface area contributed by atoms with Crippen molar-refractivity contribution in [1.29, 1.82) is 0 Å². The van der Waals surface area contributed by atoms with Crippen LogP contribution in [0.3, 0.4) is 0 Å². The molecule has 2 N–H and O–H groups in total. The summed E-state index contributed by atoms with van der Waals surface area (Å²) in [6.07, 6.45) is 1.86. The van der Waals surface area contributed by atoms with Crippen molar-refractivity contribution in [2.75, 3.05) is 31.3 Å². The van der Waals surface area contributed by atoms with Crippen molar-refractivity contribution < 1.29 is 4.79 Å². The highest BCUT2D eigenvalue weighted by Gasteiger charge is 2.32. The Balaban J connectivity index is 2.32. The van der Waals surface area contributed by atoms with Crippen LogP contribution >= 0.6 is 11.6 Å². The number of anilines is 2. The maximum Gasteiger partial charge on any atom is 0.244 e. The van der Waals surface area contributed by atoms with Crippen LogP contribution in [-0.4, -0.2) is 37.5 Å². The predicted molar refractivity (Wildman–Crippen MR) is 74.9 cm³/mol. The molecule has 0 aromatic heterocycles. The summed E-state index contributed by atoms with van der Waals surface area (Å²) < 4.78 is 0. The third-order valence-corrected chi connectivity index (χ3v) is 3.65. The molecule has 1 amide bonds. The van der Waals surface area contributed by atoms with E-state index < -0.39 is 0 Å². The van der Waals surface area contributed by atoms with E-state index >= 15 is 0 Å². The van der Waals surface area contributed by atoms with Crippen LogP contribution in [0.25, 0.3) is 0 Å². The van der Waals surface area contributed by atoms with Crippen LogP contribution in [0, 0.1) is 0 Å². The quantitative estimate of drug-likeness (QED) is 0.834. The Morgan fingerprint density at radius 1 is 1.50 bits per heavy atom. The van der Waals surface area contributed by atoms with Gasteiger partial charge in [-0.3, -0.25) is 4.79 Å². The minimum Gasteiger partial charge on any atom is -0.396 e. The van der Waals surface area contributed by atoms with Crippen molar-refractivity contribution in [2.45, 2.75) is 18.9 Å². The summed E-state index contributed by atoms with van der Waals surface area (Å²) >= 11 is 6.04. The van der Waals surface area contributed by atoms with Crippen LogP contribution in [0.4, 0.5) is 11.4 Å². The van der Waals surface area contributed by atoms with Crippen LogP contribution in [0.5, 0.6) is 0 Å². The lowest BCUT2D eigenvalue weighted by molar-refractivity contribution is -0.129. The Morgan fingerprint density at radius 2 is 2.22 bits per heavy atom. The summed E-state index contributed by atoms with van der Waals surface area (Å²) in [6.45, 7) is 0.842. The number of nitrogens with two attached hydrogens (primary N) is 1. The van der Waals surface area contributed by atoms with Gasteiger partial charge in [0.2, 0.25) is 5.91 Å². The minimum absolute atomic E-state index is 0.117. The van der Waals surface area contributed by atoms with Gasteiger partial charge in [-0.2, -0.15) is 0 Å². The van der Waals surface area contributed by atoms with Gasteiger partial charge in [0.05, 0.1) is 16.4 Å². The van der Waals surface area contributed by atoms with E-state index in [0.29, 0.717) is 10.7 Å². The molecular formula is C13H18ClN3O. The van der Waals surface area contributed by atoms with Gasteiger partial charge >= 0.3 is 0 Å². The van der Waals surface area contributed by atoms with Gasteiger partial charge in [0.25, 0.3) is 0 Å². The number of halogens is 1. The molecule has 0 radical (unpaired) electrons. The predicted octanol–water partition coefficient (Wildman–Crippen LogP) is 1.98. The number of nitrogen functional groups attached to an aromatic ring is 1. The Hall–Kier alpha value is -1.42. The molecule has 18 heavy (non-hydrogen) atoms. The number of likely N-dealkylation sites (N-methyl/N-ethyl adjacent to an activating group) is 1. The number of hydrogen-bond acceptors (Lipinski definition) is 3. The van der Waals surface area contributed by atoms with Crippen LogP contribution in [-0.2, 0) is 4.79 Å². The number of carbonyl (C=O) groups excluding carboxylic acids is 1. The molecule has 1 unspecified atom stereocenters. The molecule has 0 spiro atoms. The smallest absolute Gasteiger partial charge is 0.244 e. The zero-order chi connectivity index (χ0) is 13.3. The Labute approximate surface area is 112 Å². The van der Waals surface area contributed by atoms with Gasteiger partial charge in [-0.1, -0.05) is 17.7 Å². The molecule has 5 heteroatoms. The standard InChI is InChI=1S/C13H18ClN3O/c1-16(2)13(18)11-7-4-8-17(11)10-6-3-5-9(14)12(10)15/h3,5-6,11H,4,7-8,15H2,1-2H3.